The minimum Gasteiger partial charge on any atom is -0.355 e. The lowest BCUT2D eigenvalue weighted by molar-refractivity contribution is -0.0195. The number of hydrogen-bond acceptors (Lipinski definition) is 3. The lowest BCUT2D eigenvalue weighted by Crippen LogP contribution is -2.35. The molecule has 60 valence electrons. The topological polar surface area (TPSA) is 39.1 Å². The molecule has 4 nitrogen and oxygen atoms in total. The first kappa shape index (κ1) is 6.82. The molecule has 11 heavy (non-hydrogen) atoms. The van der Waals surface area contributed by atoms with Gasteiger partial charge in [0.05, 0.1) is 12.9 Å². The van der Waals surface area contributed by atoms with E-state index in [1.165, 1.54) is 0 Å². The molecule has 2 rings (SSSR count). The Hall–Kier alpha value is -0.870. The molecular formula is C7H11N3O. The van der Waals surface area contributed by atoms with Gasteiger partial charge in [-0.05, 0) is 0 Å². The van der Waals surface area contributed by atoms with Crippen molar-refractivity contribution in [1.29, 1.82) is 0 Å². The highest BCUT2D eigenvalue weighted by molar-refractivity contribution is 4.78. The van der Waals surface area contributed by atoms with Crippen molar-refractivity contribution in [3.05, 3.63) is 18.7 Å². The van der Waals surface area contributed by atoms with Crippen LogP contribution < -0.4 is 5.32 Å². The molecule has 0 amide bonds. The van der Waals surface area contributed by atoms with Crippen molar-refractivity contribution < 1.29 is 4.74 Å². The van der Waals surface area contributed by atoms with Crippen LogP contribution in [-0.4, -0.2) is 29.2 Å². The predicted molar refractivity (Wildman–Crippen MR) is 40.1 cm³/mol. The van der Waals surface area contributed by atoms with Gasteiger partial charge >= 0.3 is 0 Å². The predicted octanol–water partition coefficient (Wildman–Crippen LogP) is 0.00150. The zero-order valence-electron chi connectivity index (χ0n) is 6.23. The van der Waals surface area contributed by atoms with Crippen LogP contribution in [0.1, 0.15) is 6.23 Å². The molecule has 0 spiro atoms. The van der Waals surface area contributed by atoms with Crippen LogP contribution in [0.2, 0.25) is 0 Å². The van der Waals surface area contributed by atoms with Gasteiger partial charge in [0, 0.05) is 25.5 Å². The second-order valence-electron chi connectivity index (χ2n) is 2.54. The molecule has 1 aromatic rings. The van der Waals surface area contributed by atoms with Crippen LogP contribution in [0.5, 0.6) is 0 Å². The molecule has 1 aliphatic heterocycles. The van der Waals surface area contributed by atoms with Gasteiger partial charge in [0.1, 0.15) is 6.23 Å². The molecule has 1 unspecified atom stereocenters. The third kappa shape index (κ3) is 1.41. The van der Waals surface area contributed by atoms with Gasteiger partial charge in [-0.15, -0.1) is 0 Å². The maximum Gasteiger partial charge on any atom is 0.147 e. The van der Waals surface area contributed by atoms with Crippen LogP contribution in [-0.2, 0) is 4.74 Å². The van der Waals surface area contributed by atoms with Crippen molar-refractivity contribution in [2.45, 2.75) is 6.23 Å². The molecule has 0 bridgehead atoms. The number of ether oxygens (including phenoxy) is 1. The number of nitrogens with zero attached hydrogens (tertiary/aromatic N) is 2. The fourth-order valence-corrected chi connectivity index (χ4v) is 1.18. The highest BCUT2D eigenvalue weighted by Gasteiger charge is 2.13. The Kier molecular flexibility index (Phi) is 1.87. The summed E-state index contributed by atoms with van der Waals surface area (Å²) in [4.78, 5) is 3.95. The summed E-state index contributed by atoms with van der Waals surface area (Å²) in [7, 11) is 0. The summed E-state index contributed by atoms with van der Waals surface area (Å²) in [6, 6.07) is 0. The van der Waals surface area contributed by atoms with Crippen molar-refractivity contribution >= 4 is 0 Å². The standard InChI is InChI=1S/C7H11N3O/c1-3-10(6-9-1)7-5-8-2-4-11-7/h1,3,6-8H,2,4-5H2. The van der Waals surface area contributed by atoms with Gasteiger partial charge in [-0.25, -0.2) is 4.98 Å². The highest BCUT2D eigenvalue weighted by atomic mass is 16.5. The number of rotatable bonds is 1. The van der Waals surface area contributed by atoms with E-state index in [0.717, 1.165) is 19.7 Å². The first-order valence-electron chi connectivity index (χ1n) is 3.76. The maximum absolute atomic E-state index is 5.48. The Morgan fingerprint density at radius 2 is 2.64 bits per heavy atom. The molecule has 2 heterocycles. The molecule has 0 aromatic carbocycles. The van der Waals surface area contributed by atoms with Gasteiger partial charge in [-0.3, -0.25) is 0 Å². The normalized spacial score (nSPS) is 25.3. The first-order valence-corrected chi connectivity index (χ1v) is 3.76. The van der Waals surface area contributed by atoms with Gasteiger partial charge < -0.3 is 14.6 Å². The van der Waals surface area contributed by atoms with Crippen LogP contribution in [0, 0.1) is 0 Å². The van der Waals surface area contributed by atoms with Crippen LogP contribution >= 0.6 is 0 Å². The molecule has 4 heteroatoms. The lowest BCUT2D eigenvalue weighted by atomic mass is 10.4. The van der Waals surface area contributed by atoms with Crippen molar-refractivity contribution in [1.82, 2.24) is 14.9 Å². The Labute approximate surface area is 65.2 Å². The molecule has 1 saturated heterocycles. The molecule has 1 fully saturated rings. The average molecular weight is 153 g/mol. The van der Waals surface area contributed by atoms with E-state index < -0.39 is 0 Å². The Morgan fingerprint density at radius 3 is 3.27 bits per heavy atom. The van der Waals surface area contributed by atoms with E-state index in [1.54, 1.807) is 12.5 Å². The fraction of sp³-hybridized carbons (Fsp3) is 0.571. The summed E-state index contributed by atoms with van der Waals surface area (Å²) in [5.41, 5.74) is 0. The summed E-state index contributed by atoms with van der Waals surface area (Å²) in [5, 5.41) is 3.25. The van der Waals surface area contributed by atoms with Crippen LogP contribution in [0.3, 0.4) is 0 Å². The Morgan fingerprint density at radius 1 is 1.64 bits per heavy atom. The van der Waals surface area contributed by atoms with Gasteiger partial charge in [0.15, 0.2) is 0 Å². The van der Waals surface area contributed by atoms with Gasteiger partial charge in [-0.2, -0.15) is 0 Å². The molecule has 1 N–H and O–H groups in total. The summed E-state index contributed by atoms with van der Waals surface area (Å²) in [6.07, 6.45) is 5.58. The fourth-order valence-electron chi connectivity index (χ4n) is 1.18. The summed E-state index contributed by atoms with van der Waals surface area (Å²) in [5.74, 6) is 0. The zero-order valence-corrected chi connectivity index (χ0v) is 6.23. The van der Waals surface area contributed by atoms with Crippen LogP contribution in [0.25, 0.3) is 0 Å². The number of morpholine rings is 1. The molecule has 0 radical (unpaired) electrons. The Bertz CT molecular complexity index is 203. The second kappa shape index (κ2) is 3.02. The first-order chi connectivity index (χ1) is 5.47. The monoisotopic (exact) mass is 153 g/mol. The molecule has 1 aromatic heterocycles. The van der Waals surface area contributed by atoms with Gasteiger partial charge in [0.2, 0.25) is 0 Å². The second-order valence-corrected chi connectivity index (χ2v) is 2.54. The number of aromatic nitrogens is 2. The van der Waals surface area contributed by atoms with Crippen molar-refractivity contribution in [3.8, 4) is 0 Å². The smallest absolute Gasteiger partial charge is 0.147 e. The lowest BCUT2D eigenvalue weighted by Gasteiger charge is -2.24. The van der Waals surface area contributed by atoms with E-state index in [0.29, 0.717) is 0 Å². The molecular weight excluding hydrogens is 142 g/mol. The largest absolute Gasteiger partial charge is 0.355 e. The molecule has 1 atom stereocenters. The quantitative estimate of drug-likeness (QED) is 0.617. The van der Waals surface area contributed by atoms with E-state index in [2.05, 4.69) is 10.3 Å². The Balaban J connectivity index is 2.04. The van der Waals surface area contributed by atoms with Crippen molar-refractivity contribution in [2.75, 3.05) is 19.7 Å². The van der Waals surface area contributed by atoms with E-state index in [1.807, 2.05) is 10.8 Å². The van der Waals surface area contributed by atoms with Crippen molar-refractivity contribution in [3.63, 3.8) is 0 Å². The number of hydrogen-bond donors (Lipinski definition) is 1. The van der Waals surface area contributed by atoms with E-state index in [-0.39, 0.29) is 6.23 Å². The summed E-state index contributed by atoms with van der Waals surface area (Å²) >= 11 is 0. The van der Waals surface area contributed by atoms with E-state index in [4.69, 9.17) is 4.74 Å². The third-order valence-electron chi connectivity index (χ3n) is 1.77. The van der Waals surface area contributed by atoms with Gasteiger partial charge in [0.25, 0.3) is 0 Å². The molecule has 0 saturated carbocycles. The van der Waals surface area contributed by atoms with Crippen LogP contribution in [0.4, 0.5) is 0 Å². The minimum atomic E-state index is 0.131. The van der Waals surface area contributed by atoms with Crippen LogP contribution in [0.15, 0.2) is 18.7 Å². The van der Waals surface area contributed by atoms with E-state index in [9.17, 15) is 0 Å². The van der Waals surface area contributed by atoms with Gasteiger partial charge in [-0.1, -0.05) is 0 Å². The summed E-state index contributed by atoms with van der Waals surface area (Å²) < 4.78 is 7.45. The third-order valence-corrected chi connectivity index (χ3v) is 1.77. The van der Waals surface area contributed by atoms with E-state index >= 15 is 0 Å². The molecule has 1 aliphatic rings. The maximum atomic E-state index is 5.48. The minimum absolute atomic E-state index is 0.131. The number of imidazole rings is 1. The summed E-state index contributed by atoms with van der Waals surface area (Å²) in [6.45, 7) is 2.60. The zero-order chi connectivity index (χ0) is 7.52. The van der Waals surface area contributed by atoms with Crippen molar-refractivity contribution in [2.24, 2.45) is 0 Å². The SMILES string of the molecule is c1cn(C2CNCCO2)cn1. The highest BCUT2D eigenvalue weighted by Crippen LogP contribution is 2.08. The average Bonchev–Trinajstić information content (AvgIpc) is 2.58. The molecule has 0 aliphatic carbocycles. The number of nitrogens with one attached hydrogen (secondary N) is 1.